The predicted octanol–water partition coefficient (Wildman–Crippen LogP) is 3.27. The molecule has 1 unspecified atom stereocenters. The molecule has 0 aliphatic carbocycles. The van der Waals surface area contributed by atoms with Crippen molar-refractivity contribution in [2.45, 2.75) is 57.3 Å². The highest BCUT2D eigenvalue weighted by Gasteiger charge is 2.35. The van der Waals surface area contributed by atoms with Gasteiger partial charge in [0.1, 0.15) is 12.3 Å². The summed E-state index contributed by atoms with van der Waals surface area (Å²) < 4.78 is 0. The Bertz CT molecular complexity index is 1610. The van der Waals surface area contributed by atoms with Crippen molar-refractivity contribution in [1.82, 2.24) is 35.1 Å². The van der Waals surface area contributed by atoms with Gasteiger partial charge in [0.15, 0.2) is 0 Å². The molecule has 0 saturated carbocycles. The van der Waals surface area contributed by atoms with Gasteiger partial charge < -0.3 is 30.4 Å². The highest BCUT2D eigenvalue weighted by Crippen LogP contribution is 2.34. The summed E-state index contributed by atoms with van der Waals surface area (Å²) >= 11 is 0. The van der Waals surface area contributed by atoms with Crippen LogP contribution in [0.1, 0.15) is 42.4 Å². The number of aryl methyl sites for hydroxylation is 1. The molecule has 4 aliphatic rings. The van der Waals surface area contributed by atoms with Gasteiger partial charge in [-0.2, -0.15) is 5.10 Å². The van der Waals surface area contributed by atoms with Crippen molar-refractivity contribution in [1.29, 1.82) is 0 Å². The van der Waals surface area contributed by atoms with Gasteiger partial charge in [0.05, 0.1) is 11.7 Å². The number of amides is 3. The SMILES string of the molecule is Cc1cc(C[C@@H](NC(=O)N2CCC(C3=Cc4ccccc4NC3O)CC2)C(=O)N2CCN(C3CCN(C)CC3)CC2)cc2cn[nH]c12. The molecule has 3 aromatic rings. The van der Waals surface area contributed by atoms with Gasteiger partial charge in [-0.05, 0) is 99.1 Å². The third-order valence-electron chi connectivity index (χ3n) is 10.8. The smallest absolute Gasteiger partial charge is 0.318 e. The number of hydrogen-bond donors (Lipinski definition) is 4. The normalized spacial score (nSPS) is 22.4. The minimum atomic E-state index is -0.728. The molecule has 2 aromatic carbocycles. The standard InChI is InChI=1S/C36H48N8O3/c1-24-19-25(20-28-23-37-40-33(24)28)21-32(35(46)43-17-15-42(16-18-43)29-9-11-41(2)12-10-29)39-36(47)44-13-7-26(8-14-44)30-22-27-5-3-4-6-31(27)38-34(30)45/h3-6,19-20,22-23,26,29,32,34,38,45H,7-18,21H2,1-2H3,(H,37,40)(H,39,47)/t32-,34?/m1/s1. The van der Waals surface area contributed by atoms with Crippen LogP contribution in [0.5, 0.6) is 0 Å². The number of anilines is 1. The molecule has 4 N–H and O–H groups in total. The number of hydrogen-bond acceptors (Lipinski definition) is 7. The molecule has 250 valence electrons. The van der Waals surface area contributed by atoms with E-state index >= 15 is 0 Å². The number of carbonyl (C=O) groups is 2. The van der Waals surface area contributed by atoms with Crippen molar-refractivity contribution in [3.05, 3.63) is 64.9 Å². The highest BCUT2D eigenvalue weighted by atomic mass is 16.3. The van der Waals surface area contributed by atoms with E-state index in [2.05, 4.69) is 55.9 Å². The van der Waals surface area contributed by atoms with Crippen LogP contribution in [0.4, 0.5) is 10.5 Å². The van der Waals surface area contributed by atoms with Gasteiger partial charge in [-0.3, -0.25) is 14.8 Å². The molecular weight excluding hydrogens is 592 g/mol. The Kier molecular flexibility index (Phi) is 9.20. The fraction of sp³-hybridized carbons (Fsp3) is 0.528. The van der Waals surface area contributed by atoms with Crippen LogP contribution >= 0.6 is 0 Å². The average molecular weight is 641 g/mol. The zero-order valence-electron chi connectivity index (χ0n) is 27.6. The number of piperazine rings is 1. The molecule has 5 heterocycles. The lowest BCUT2D eigenvalue weighted by atomic mass is 9.85. The monoisotopic (exact) mass is 640 g/mol. The lowest BCUT2D eigenvalue weighted by molar-refractivity contribution is -0.135. The number of likely N-dealkylation sites (tertiary alicyclic amines) is 2. The number of aromatic amines is 1. The van der Waals surface area contributed by atoms with E-state index in [9.17, 15) is 14.7 Å². The van der Waals surface area contributed by atoms with Crippen LogP contribution in [0.15, 0.2) is 48.2 Å². The zero-order valence-corrected chi connectivity index (χ0v) is 27.6. The first-order valence-corrected chi connectivity index (χ1v) is 17.3. The lowest BCUT2D eigenvalue weighted by Gasteiger charge is -2.43. The number of aromatic nitrogens is 2. The van der Waals surface area contributed by atoms with Gasteiger partial charge in [0, 0.05) is 62.8 Å². The van der Waals surface area contributed by atoms with Crippen molar-refractivity contribution >= 4 is 34.6 Å². The van der Waals surface area contributed by atoms with Gasteiger partial charge in [-0.15, -0.1) is 0 Å². The van der Waals surface area contributed by atoms with E-state index in [0.29, 0.717) is 38.6 Å². The Balaban J connectivity index is 1.02. The highest BCUT2D eigenvalue weighted by molar-refractivity contribution is 5.88. The topological polar surface area (TPSA) is 120 Å². The van der Waals surface area contributed by atoms with E-state index in [4.69, 9.17) is 0 Å². The second kappa shape index (κ2) is 13.7. The minimum absolute atomic E-state index is 0.0126. The van der Waals surface area contributed by atoms with E-state index in [0.717, 1.165) is 77.9 Å². The summed E-state index contributed by atoms with van der Waals surface area (Å²) in [6, 6.07) is 11.9. The average Bonchev–Trinajstić information content (AvgIpc) is 3.57. The molecule has 7 rings (SSSR count). The molecule has 3 amide bonds. The zero-order chi connectivity index (χ0) is 32.5. The minimum Gasteiger partial charge on any atom is -0.370 e. The summed E-state index contributed by atoms with van der Waals surface area (Å²) in [6.45, 7) is 8.52. The van der Waals surface area contributed by atoms with Crippen LogP contribution in [0.25, 0.3) is 17.0 Å². The van der Waals surface area contributed by atoms with Crippen molar-refractivity contribution in [3.63, 3.8) is 0 Å². The van der Waals surface area contributed by atoms with Crippen molar-refractivity contribution in [2.24, 2.45) is 5.92 Å². The molecule has 0 bridgehead atoms. The number of nitrogens with zero attached hydrogens (tertiary/aromatic N) is 5. The summed E-state index contributed by atoms with van der Waals surface area (Å²) in [5.41, 5.74) is 6.04. The number of benzene rings is 2. The Morgan fingerprint density at radius 1 is 0.979 bits per heavy atom. The van der Waals surface area contributed by atoms with Crippen LogP contribution in [0.2, 0.25) is 0 Å². The van der Waals surface area contributed by atoms with Gasteiger partial charge in [-0.1, -0.05) is 24.3 Å². The first kappa shape index (κ1) is 31.7. The van der Waals surface area contributed by atoms with E-state index < -0.39 is 12.3 Å². The molecule has 11 heteroatoms. The van der Waals surface area contributed by atoms with Crippen LogP contribution < -0.4 is 10.6 Å². The number of rotatable bonds is 6. The number of para-hydroxylation sites is 1. The number of urea groups is 1. The number of fused-ring (bicyclic) bond motifs is 2. The third-order valence-corrected chi connectivity index (χ3v) is 10.8. The van der Waals surface area contributed by atoms with E-state index in [-0.39, 0.29) is 17.9 Å². The molecule has 3 saturated heterocycles. The summed E-state index contributed by atoms with van der Waals surface area (Å²) in [6.07, 6.45) is 7.46. The summed E-state index contributed by atoms with van der Waals surface area (Å²) in [4.78, 5) is 36.6. The maximum atomic E-state index is 14.1. The number of carbonyl (C=O) groups excluding carboxylic acids is 2. The largest absolute Gasteiger partial charge is 0.370 e. The second-order valence-electron chi connectivity index (χ2n) is 13.9. The molecule has 47 heavy (non-hydrogen) atoms. The van der Waals surface area contributed by atoms with E-state index in [1.165, 1.54) is 12.8 Å². The lowest BCUT2D eigenvalue weighted by Crippen LogP contribution is -2.59. The number of H-pyrrole nitrogens is 1. The van der Waals surface area contributed by atoms with E-state index in [1.807, 2.05) is 41.0 Å². The number of aliphatic hydroxyl groups excluding tert-OH is 1. The molecule has 4 aliphatic heterocycles. The molecule has 2 atom stereocenters. The second-order valence-corrected chi connectivity index (χ2v) is 13.9. The van der Waals surface area contributed by atoms with Gasteiger partial charge >= 0.3 is 6.03 Å². The fourth-order valence-electron chi connectivity index (χ4n) is 7.99. The first-order chi connectivity index (χ1) is 22.8. The van der Waals surface area contributed by atoms with Crippen molar-refractivity contribution < 1.29 is 14.7 Å². The van der Waals surface area contributed by atoms with Crippen LogP contribution in [-0.4, -0.2) is 125 Å². The first-order valence-electron chi connectivity index (χ1n) is 17.3. The molecule has 0 spiro atoms. The quantitative estimate of drug-likeness (QED) is 0.327. The Morgan fingerprint density at radius 3 is 2.49 bits per heavy atom. The van der Waals surface area contributed by atoms with Crippen LogP contribution in [-0.2, 0) is 11.2 Å². The fourth-order valence-corrected chi connectivity index (χ4v) is 7.99. The maximum absolute atomic E-state index is 14.1. The molecular formula is C36H48N8O3. The summed E-state index contributed by atoms with van der Waals surface area (Å²) in [5, 5.41) is 25.5. The summed E-state index contributed by atoms with van der Waals surface area (Å²) in [7, 11) is 2.19. The summed E-state index contributed by atoms with van der Waals surface area (Å²) in [5.74, 6) is 0.166. The van der Waals surface area contributed by atoms with Crippen molar-refractivity contribution in [3.8, 4) is 0 Å². The Labute approximate surface area is 277 Å². The van der Waals surface area contributed by atoms with Crippen LogP contribution in [0, 0.1) is 12.8 Å². The third kappa shape index (κ3) is 6.88. The number of nitrogens with one attached hydrogen (secondary N) is 3. The van der Waals surface area contributed by atoms with E-state index in [1.54, 1.807) is 6.20 Å². The molecule has 0 radical (unpaired) electrons. The Morgan fingerprint density at radius 2 is 1.72 bits per heavy atom. The molecule has 1 aromatic heterocycles. The van der Waals surface area contributed by atoms with Crippen molar-refractivity contribution in [2.75, 3.05) is 64.7 Å². The Hall–Kier alpha value is -3.93. The van der Waals surface area contributed by atoms with Crippen LogP contribution in [0.3, 0.4) is 0 Å². The van der Waals surface area contributed by atoms with Gasteiger partial charge in [0.25, 0.3) is 0 Å². The molecule has 11 nitrogen and oxygen atoms in total. The number of aliphatic hydroxyl groups is 1. The predicted molar refractivity (Wildman–Crippen MR) is 184 cm³/mol. The van der Waals surface area contributed by atoms with Gasteiger partial charge in [-0.25, -0.2) is 4.79 Å². The maximum Gasteiger partial charge on any atom is 0.318 e. The number of piperidine rings is 2. The van der Waals surface area contributed by atoms with Gasteiger partial charge in [0.2, 0.25) is 5.91 Å². The molecule has 3 fully saturated rings.